The van der Waals surface area contributed by atoms with E-state index in [9.17, 15) is 4.79 Å². The van der Waals surface area contributed by atoms with Gasteiger partial charge in [0.05, 0.1) is 20.8 Å². The second kappa shape index (κ2) is 8.46. The zero-order valence-electron chi connectivity index (χ0n) is 12.9. The predicted octanol–water partition coefficient (Wildman–Crippen LogP) is 6.44. The molecule has 9 heteroatoms. The number of carbonyl (C=O) groups is 1. The number of ether oxygens (including phenoxy) is 1. The van der Waals surface area contributed by atoms with E-state index in [0.29, 0.717) is 36.7 Å². The van der Waals surface area contributed by atoms with Crippen molar-refractivity contribution >= 4 is 68.8 Å². The molecule has 0 unspecified atom stereocenters. The average molecular weight is 448 g/mol. The minimum atomic E-state index is -0.356. The number of amides is 1. The minimum Gasteiger partial charge on any atom is -0.482 e. The zero-order chi connectivity index (χ0) is 18.7. The van der Waals surface area contributed by atoms with Crippen LogP contribution >= 0.6 is 57.7 Å². The van der Waals surface area contributed by atoms with Crippen LogP contribution in [0.2, 0.25) is 20.1 Å². The van der Waals surface area contributed by atoms with Crippen molar-refractivity contribution in [1.29, 1.82) is 0 Å². The van der Waals surface area contributed by atoms with Crippen LogP contribution in [-0.4, -0.2) is 17.5 Å². The summed E-state index contributed by atoms with van der Waals surface area (Å²) in [4.78, 5) is 16.4. The molecule has 0 bridgehead atoms. The molecule has 1 amide bonds. The van der Waals surface area contributed by atoms with Crippen molar-refractivity contribution < 1.29 is 9.53 Å². The van der Waals surface area contributed by atoms with Crippen molar-refractivity contribution in [3.63, 3.8) is 0 Å². The van der Waals surface area contributed by atoms with Crippen LogP contribution in [0.4, 0.5) is 5.13 Å². The third kappa shape index (κ3) is 4.81. The second-order valence-corrected chi connectivity index (χ2v) is 7.59. The Labute approximate surface area is 173 Å². The number of anilines is 1. The fourth-order valence-electron chi connectivity index (χ4n) is 2.01. The monoisotopic (exact) mass is 446 g/mol. The highest BCUT2D eigenvalue weighted by Gasteiger charge is 2.11. The van der Waals surface area contributed by atoms with Crippen LogP contribution in [-0.2, 0) is 4.79 Å². The lowest BCUT2D eigenvalue weighted by Gasteiger charge is -2.07. The summed E-state index contributed by atoms with van der Waals surface area (Å²) in [6.07, 6.45) is 0. The fraction of sp³-hybridized carbons (Fsp3) is 0.0588. The van der Waals surface area contributed by atoms with Gasteiger partial charge < -0.3 is 4.74 Å². The van der Waals surface area contributed by atoms with Gasteiger partial charge in [-0.25, -0.2) is 4.98 Å². The number of rotatable bonds is 5. The van der Waals surface area contributed by atoms with Crippen molar-refractivity contribution in [3.05, 3.63) is 61.9 Å². The molecular weight excluding hydrogens is 438 g/mol. The number of carbonyl (C=O) groups excluding carboxylic acids is 1. The lowest BCUT2D eigenvalue weighted by molar-refractivity contribution is -0.118. The van der Waals surface area contributed by atoms with Crippen LogP contribution < -0.4 is 10.1 Å². The van der Waals surface area contributed by atoms with Gasteiger partial charge in [-0.1, -0.05) is 52.5 Å². The van der Waals surface area contributed by atoms with E-state index in [1.165, 1.54) is 11.3 Å². The van der Waals surface area contributed by atoms with Crippen LogP contribution in [0.25, 0.3) is 11.3 Å². The first-order chi connectivity index (χ1) is 12.4. The minimum absolute atomic E-state index is 0.205. The van der Waals surface area contributed by atoms with Gasteiger partial charge in [-0.05, 0) is 30.3 Å². The highest BCUT2D eigenvalue weighted by Crippen LogP contribution is 2.31. The number of hydrogen-bond donors (Lipinski definition) is 1. The van der Waals surface area contributed by atoms with Crippen LogP contribution in [0.15, 0.2) is 41.8 Å². The molecule has 0 aliphatic carbocycles. The van der Waals surface area contributed by atoms with E-state index in [1.54, 1.807) is 36.4 Å². The summed E-state index contributed by atoms with van der Waals surface area (Å²) in [6.45, 7) is -0.205. The Hall–Kier alpha value is -1.50. The Bertz CT molecular complexity index is 962. The summed E-state index contributed by atoms with van der Waals surface area (Å²) in [6, 6.07) is 9.99. The van der Waals surface area contributed by atoms with Crippen molar-refractivity contribution in [1.82, 2.24) is 4.98 Å². The van der Waals surface area contributed by atoms with Gasteiger partial charge in [0, 0.05) is 16.0 Å². The molecule has 3 aromatic rings. The normalized spacial score (nSPS) is 10.6. The van der Waals surface area contributed by atoms with Gasteiger partial charge in [0.1, 0.15) is 5.75 Å². The van der Waals surface area contributed by atoms with Crippen LogP contribution in [0, 0.1) is 0 Å². The quantitative estimate of drug-likeness (QED) is 0.489. The second-order valence-electron chi connectivity index (χ2n) is 5.08. The molecule has 0 radical (unpaired) electrons. The van der Waals surface area contributed by atoms with E-state index >= 15 is 0 Å². The molecule has 26 heavy (non-hydrogen) atoms. The van der Waals surface area contributed by atoms with E-state index in [2.05, 4.69) is 10.3 Å². The van der Waals surface area contributed by atoms with Crippen molar-refractivity contribution in [2.24, 2.45) is 0 Å². The van der Waals surface area contributed by atoms with Crippen LogP contribution in [0.1, 0.15) is 0 Å². The Morgan fingerprint density at radius 1 is 1.04 bits per heavy atom. The highest BCUT2D eigenvalue weighted by atomic mass is 35.5. The smallest absolute Gasteiger partial charge is 0.264 e. The largest absolute Gasteiger partial charge is 0.482 e. The molecule has 0 aliphatic heterocycles. The van der Waals surface area contributed by atoms with E-state index in [4.69, 9.17) is 51.1 Å². The lowest BCUT2D eigenvalue weighted by atomic mass is 10.2. The molecule has 0 saturated heterocycles. The topological polar surface area (TPSA) is 51.2 Å². The molecule has 2 aromatic carbocycles. The number of hydrogen-bond acceptors (Lipinski definition) is 4. The van der Waals surface area contributed by atoms with Crippen LogP contribution in [0.5, 0.6) is 5.75 Å². The maximum Gasteiger partial charge on any atom is 0.264 e. The Kier molecular flexibility index (Phi) is 6.27. The van der Waals surface area contributed by atoms with E-state index in [-0.39, 0.29) is 12.5 Å². The number of benzene rings is 2. The fourth-order valence-corrected chi connectivity index (χ4v) is 3.51. The van der Waals surface area contributed by atoms with Crippen molar-refractivity contribution in [2.75, 3.05) is 11.9 Å². The molecule has 0 spiro atoms. The van der Waals surface area contributed by atoms with Crippen molar-refractivity contribution in [2.45, 2.75) is 0 Å². The molecule has 134 valence electrons. The van der Waals surface area contributed by atoms with Crippen molar-refractivity contribution in [3.8, 4) is 17.0 Å². The first-order valence-corrected chi connectivity index (χ1v) is 9.60. The molecular formula is C17H10Cl4N2O2S. The van der Waals surface area contributed by atoms with Crippen LogP contribution in [0.3, 0.4) is 0 Å². The van der Waals surface area contributed by atoms with Gasteiger partial charge in [-0.2, -0.15) is 0 Å². The van der Waals surface area contributed by atoms with E-state index in [0.717, 1.165) is 5.56 Å². The number of thiazole rings is 1. The van der Waals surface area contributed by atoms with Gasteiger partial charge >= 0.3 is 0 Å². The zero-order valence-corrected chi connectivity index (χ0v) is 16.8. The molecule has 0 atom stereocenters. The maximum absolute atomic E-state index is 12.0. The third-order valence-electron chi connectivity index (χ3n) is 3.22. The first-order valence-electron chi connectivity index (χ1n) is 7.21. The summed E-state index contributed by atoms with van der Waals surface area (Å²) in [7, 11) is 0. The number of nitrogens with zero attached hydrogens (tertiary/aromatic N) is 1. The molecule has 1 aromatic heterocycles. The summed E-state index contributed by atoms with van der Waals surface area (Å²) < 4.78 is 5.39. The van der Waals surface area contributed by atoms with Gasteiger partial charge in [0.25, 0.3) is 5.91 Å². The van der Waals surface area contributed by atoms with Gasteiger partial charge in [0.15, 0.2) is 11.7 Å². The Morgan fingerprint density at radius 3 is 2.58 bits per heavy atom. The summed E-state index contributed by atoms with van der Waals surface area (Å²) in [5.41, 5.74) is 1.49. The first kappa shape index (κ1) is 19.3. The van der Waals surface area contributed by atoms with Gasteiger partial charge in [-0.15, -0.1) is 11.3 Å². The molecule has 1 N–H and O–H groups in total. The Balaban J connectivity index is 1.61. The molecule has 0 aliphatic rings. The number of nitrogens with one attached hydrogen (secondary N) is 1. The van der Waals surface area contributed by atoms with E-state index < -0.39 is 0 Å². The molecule has 4 nitrogen and oxygen atoms in total. The Morgan fingerprint density at radius 2 is 1.85 bits per heavy atom. The van der Waals surface area contributed by atoms with Gasteiger partial charge in [0.2, 0.25) is 0 Å². The number of aromatic nitrogens is 1. The SMILES string of the molecule is O=C(COc1ccc(Cl)cc1Cl)Nc1nc(-c2ccc(Cl)c(Cl)c2)cs1. The average Bonchev–Trinajstić information content (AvgIpc) is 3.05. The summed E-state index contributed by atoms with van der Waals surface area (Å²) in [5, 5.41) is 6.67. The molecule has 0 saturated carbocycles. The molecule has 3 rings (SSSR count). The standard InChI is InChI=1S/C17H10Cl4N2O2S/c18-10-2-4-15(13(21)6-10)25-7-16(24)23-17-22-14(8-26-17)9-1-3-11(19)12(20)5-9/h1-6,8H,7H2,(H,22,23,24). The van der Waals surface area contributed by atoms with E-state index in [1.807, 2.05) is 5.38 Å². The third-order valence-corrected chi connectivity index (χ3v) is 5.25. The number of halogens is 4. The highest BCUT2D eigenvalue weighted by molar-refractivity contribution is 7.14. The maximum atomic E-state index is 12.0. The molecule has 1 heterocycles. The summed E-state index contributed by atoms with van der Waals surface area (Å²) in [5.74, 6) is 0.0212. The predicted molar refractivity (Wildman–Crippen MR) is 108 cm³/mol. The van der Waals surface area contributed by atoms with Gasteiger partial charge in [-0.3, -0.25) is 10.1 Å². The summed E-state index contributed by atoms with van der Waals surface area (Å²) >= 11 is 25.0. The molecule has 0 fully saturated rings. The lowest BCUT2D eigenvalue weighted by Crippen LogP contribution is -2.20.